The van der Waals surface area contributed by atoms with Crippen LogP contribution in [-0.4, -0.2) is 23.2 Å². The Morgan fingerprint density at radius 2 is 1.92 bits per heavy atom. The zero-order chi connectivity index (χ0) is 16.9. The third-order valence-electron chi connectivity index (χ3n) is 3.32. The quantitative estimate of drug-likeness (QED) is 0.694. The van der Waals surface area contributed by atoms with E-state index >= 15 is 0 Å². The number of anilines is 1. The lowest BCUT2D eigenvalue weighted by molar-refractivity contribution is 0.102. The number of carbonyl (C=O) groups excluding carboxylic acids is 1. The smallest absolute Gasteiger partial charge is 0.258 e. The highest BCUT2D eigenvalue weighted by Crippen LogP contribution is 2.22. The van der Waals surface area contributed by atoms with E-state index in [1.807, 2.05) is 42.5 Å². The van der Waals surface area contributed by atoms with Crippen LogP contribution >= 0.6 is 27.3 Å². The van der Waals surface area contributed by atoms with E-state index in [0.717, 1.165) is 20.8 Å². The van der Waals surface area contributed by atoms with E-state index in [1.54, 1.807) is 13.2 Å². The highest BCUT2D eigenvalue weighted by atomic mass is 79.9. The van der Waals surface area contributed by atoms with Crippen LogP contribution in [0.4, 0.5) is 5.13 Å². The molecule has 0 bridgehead atoms. The maximum absolute atomic E-state index is 12.3. The molecule has 3 aromatic rings. The average Bonchev–Trinajstić information content (AvgIpc) is 3.02. The highest BCUT2D eigenvalue weighted by molar-refractivity contribution is 9.10. The van der Waals surface area contributed by atoms with Gasteiger partial charge in [0.25, 0.3) is 5.91 Å². The van der Waals surface area contributed by atoms with Crippen molar-refractivity contribution in [2.24, 2.45) is 0 Å². The van der Waals surface area contributed by atoms with Gasteiger partial charge < -0.3 is 4.74 Å². The number of hydrogen-bond donors (Lipinski definition) is 1. The molecule has 0 saturated carbocycles. The van der Waals surface area contributed by atoms with E-state index in [0.29, 0.717) is 17.1 Å². The molecule has 0 spiro atoms. The number of hydrogen-bond acceptors (Lipinski definition) is 5. The number of rotatable bonds is 5. The summed E-state index contributed by atoms with van der Waals surface area (Å²) in [7, 11) is 1.64. The minimum absolute atomic E-state index is 0.213. The van der Waals surface area contributed by atoms with Crippen LogP contribution in [0.1, 0.15) is 20.9 Å². The maximum atomic E-state index is 12.3. The Labute approximate surface area is 151 Å². The number of aromatic nitrogens is 2. The van der Waals surface area contributed by atoms with Crippen molar-refractivity contribution in [3.8, 4) is 5.75 Å². The summed E-state index contributed by atoms with van der Waals surface area (Å²) >= 11 is 4.73. The fraction of sp³-hybridized carbons (Fsp3) is 0.118. The van der Waals surface area contributed by atoms with E-state index in [1.165, 1.54) is 11.3 Å². The summed E-state index contributed by atoms with van der Waals surface area (Å²) in [6, 6.07) is 15.0. The molecule has 1 aromatic heterocycles. The van der Waals surface area contributed by atoms with Gasteiger partial charge in [-0.05, 0) is 45.8 Å². The fourth-order valence-electron chi connectivity index (χ4n) is 2.10. The van der Waals surface area contributed by atoms with Crippen molar-refractivity contribution in [2.45, 2.75) is 6.42 Å². The summed E-state index contributed by atoms with van der Waals surface area (Å²) in [6.45, 7) is 0. The first kappa shape index (κ1) is 16.6. The van der Waals surface area contributed by atoms with Crippen LogP contribution < -0.4 is 10.1 Å². The third-order valence-corrected chi connectivity index (χ3v) is 4.85. The topological polar surface area (TPSA) is 64.1 Å². The molecule has 0 fully saturated rings. The van der Waals surface area contributed by atoms with Gasteiger partial charge in [-0.3, -0.25) is 10.1 Å². The van der Waals surface area contributed by atoms with E-state index in [9.17, 15) is 4.79 Å². The molecule has 0 atom stereocenters. The van der Waals surface area contributed by atoms with E-state index in [2.05, 4.69) is 31.4 Å². The predicted molar refractivity (Wildman–Crippen MR) is 97.8 cm³/mol. The SMILES string of the molecule is COc1ccc(Cc2nnc(NC(=O)c3ccccc3Br)s2)cc1. The van der Waals surface area contributed by atoms with Gasteiger partial charge >= 0.3 is 0 Å². The van der Waals surface area contributed by atoms with Crippen molar-refractivity contribution in [3.05, 3.63) is 69.1 Å². The van der Waals surface area contributed by atoms with Crippen molar-refractivity contribution in [3.63, 3.8) is 0 Å². The van der Waals surface area contributed by atoms with Crippen LogP contribution in [0, 0.1) is 0 Å². The first-order chi connectivity index (χ1) is 11.7. The first-order valence-electron chi connectivity index (χ1n) is 7.17. The number of methoxy groups -OCH3 is 1. The van der Waals surface area contributed by atoms with Crippen LogP contribution in [0.2, 0.25) is 0 Å². The van der Waals surface area contributed by atoms with Gasteiger partial charge in [0, 0.05) is 10.9 Å². The molecule has 0 aliphatic heterocycles. The molecule has 1 amide bonds. The zero-order valence-corrected chi connectivity index (χ0v) is 15.2. The Kier molecular flexibility index (Phi) is 5.22. The molecule has 24 heavy (non-hydrogen) atoms. The Balaban J connectivity index is 1.67. The minimum atomic E-state index is -0.213. The standard InChI is InChI=1S/C17H14BrN3O2S/c1-23-12-8-6-11(7-9-12)10-15-20-21-17(24-15)19-16(22)13-4-2-3-5-14(13)18/h2-9H,10H2,1H3,(H,19,21,22). The third kappa shape index (κ3) is 3.98. The summed E-state index contributed by atoms with van der Waals surface area (Å²) in [5, 5.41) is 12.3. The van der Waals surface area contributed by atoms with E-state index < -0.39 is 0 Å². The lowest BCUT2D eigenvalue weighted by atomic mass is 10.1. The highest BCUT2D eigenvalue weighted by Gasteiger charge is 2.12. The molecule has 7 heteroatoms. The Bertz CT molecular complexity index is 849. The molecule has 0 aliphatic carbocycles. The second-order valence-corrected chi connectivity index (χ2v) is 6.88. The molecule has 0 aliphatic rings. The molecular formula is C17H14BrN3O2S. The Morgan fingerprint density at radius 3 is 2.62 bits per heavy atom. The summed E-state index contributed by atoms with van der Waals surface area (Å²) in [6.07, 6.45) is 0.659. The van der Waals surface area contributed by atoms with Gasteiger partial charge in [0.2, 0.25) is 5.13 Å². The van der Waals surface area contributed by atoms with Crippen LogP contribution in [-0.2, 0) is 6.42 Å². The lowest BCUT2D eigenvalue weighted by Crippen LogP contribution is -2.12. The molecule has 3 rings (SSSR count). The summed E-state index contributed by atoms with van der Waals surface area (Å²) in [5.41, 5.74) is 1.67. The van der Waals surface area contributed by atoms with Crippen molar-refractivity contribution in [1.82, 2.24) is 10.2 Å². The van der Waals surface area contributed by atoms with Crippen LogP contribution in [0.25, 0.3) is 0 Å². The summed E-state index contributed by atoms with van der Waals surface area (Å²) < 4.78 is 5.88. The molecule has 122 valence electrons. The van der Waals surface area contributed by atoms with Gasteiger partial charge in [-0.2, -0.15) is 0 Å². The van der Waals surface area contributed by atoms with Gasteiger partial charge in [-0.15, -0.1) is 10.2 Å². The lowest BCUT2D eigenvalue weighted by Gasteiger charge is -2.03. The largest absolute Gasteiger partial charge is 0.497 e. The molecule has 0 radical (unpaired) electrons. The number of amides is 1. The Morgan fingerprint density at radius 1 is 1.17 bits per heavy atom. The van der Waals surface area contributed by atoms with Crippen molar-refractivity contribution in [2.75, 3.05) is 12.4 Å². The monoisotopic (exact) mass is 403 g/mol. The number of nitrogens with one attached hydrogen (secondary N) is 1. The number of halogens is 1. The summed E-state index contributed by atoms with van der Waals surface area (Å²) in [5.74, 6) is 0.604. The van der Waals surface area contributed by atoms with Crippen LogP contribution in [0.3, 0.4) is 0 Å². The van der Waals surface area contributed by atoms with Crippen LogP contribution in [0.5, 0.6) is 5.75 Å². The Hall–Kier alpha value is -2.25. The second-order valence-electron chi connectivity index (χ2n) is 4.96. The maximum Gasteiger partial charge on any atom is 0.258 e. The molecule has 1 heterocycles. The summed E-state index contributed by atoms with van der Waals surface area (Å²) in [4.78, 5) is 12.3. The van der Waals surface area contributed by atoms with Gasteiger partial charge in [0.1, 0.15) is 10.8 Å². The van der Waals surface area contributed by atoms with Gasteiger partial charge in [-0.25, -0.2) is 0 Å². The number of benzene rings is 2. The second kappa shape index (κ2) is 7.55. The predicted octanol–water partition coefficient (Wildman–Crippen LogP) is 4.15. The molecule has 1 N–H and O–H groups in total. The molecule has 5 nitrogen and oxygen atoms in total. The van der Waals surface area contributed by atoms with Crippen molar-refractivity contribution in [1.29, 1.82) is 0 Å². The van der Waals surface area contributed by atoms with Gasteiger partial charge in [0.05, 0.1) is 12.7 Å². The number of nitrogens with zero attached hydrogens (tertiary/aromatic N) is 2. The molecule has 2 aromatic carbocycles. The van der Waals surface area contributed by atoms with Crippen LogP contribution in [0.15, 0.2) is 53.0 Å². The minimum Gasteiger partial charge on any atom is -0.497 e. The number of carbonyl (C=O) groups is 1. The first-order valence-corrected chi connectivity index (χ1v) is 8.78. The van der Waals surface area contributed by atoms with Gasteiger partial charge in [0.15, 0.2) is 0 Å². The molecule has 0 saturated heterocycles. The normalized spacial score (nSPS) is 10.4. The fourth-order valence-corrected chi connectivity index (χ4v) is 3.34. The van der Waals surface area contributed by atoms with E-state index in [4.69, 9.17) is 4.74 Å². The molecular weight excluding hydrogens is 390 g/mol. The van der Waals surface area contributed by atoms with E-state index in [-0.39, 0.29) is 5.91 Å². The van der Waals surface area contributed by atoms with Crippen molar-refractivity contribution < 1.29 is 9.53 Å². The van der Waals surface area contributed by atoms with Crippen molar-refractivity contribution >= 4 is 38.3 Å². The number of ether oxygens (including phenoxy) is 1. The average molecular weight is 404 g/mol. The van der Waals surface area contributed by atoms with Gasteiger partial charge in [-0.1, -0.05) is 35.6 Å². The zero-order valence-electron chi connectivity index (χ0n) is 12.8. The molecule has 0 unspecified atom stereocenters.